The second-order valence-corrected chi connectivity index (χ2v) is 8.72. The van der Waals surface area contributed by atoms with Crippen LogP contribution < -0.4 is 10.9 Å². The van der Waals surface area contributed by atoms with E-state index in [0.717, 1.165) is 36.6 Å². The summed E-state index contributed by atoms with van der Waals surface area (Å²) in [5.74, 6) is 2.76. The summed E-state index contributed by atoms with van der Waals surface area (Å²) >= 11 is 5.77. The fourth-order valence-electron chi connectivity index (χ4n) is 5.73. The molecule has 1 aromatic heterocycles. The van der Waals surface area contributed by atoms with Gasteiger partial charge in [-0.3, -0.25) is 4.79 Å². The van der Waals surface area contributed by atoms with Crippen molar-refractivity contribution >= 4 is 17.3 Å². The first kappa shape index (κ1) is 14.9. The molecular weight excluding hydrogens is 318 g/mol. The number of piperidine rings is 1. The topological polar surface area (TPSA) is 37.3 Å². The van der Waals surface area contributed by atoms with Crippen molar-refractivity contribution in [1.29, 1.82) is 0 Å². The molecule has 4 bridgehead atoms. The molecule has 3 heterocycles. The van der Waals surface area contributed by atoms with Crippen molar-refractivity contribution in [2.75, 3.05) is 13.1 Å². The highest BCUT2D eigenvalue weighted by Crippen LogP contribution is 2.44. The van der Waals surface area contributed by atoms with Crippen LogP contribution in [0.3, 0.4) is 0 Å². The minimum atomic E-state index is 0.151. The van der Waals surface area contributed by atoms with Crippen molar-refractivity contribution in [3.63, 3.8) is 0 Å². The third-order valence-electron chi connectivity index (χ3n) is 6.81. The van der Waals surface area contributed by atoms with Gasteiger partial charge in [-0.1, -0.05) is 12.5 Å². The van der Waals surface area contributed by atoms with Crippen molar-refractivity contribution < 1.29 is 0 Å². The fourth-order valence-corrected chi connectivity index (χ4v) is 6.03. The molecule has 2 aliphatic heterocycles. The van der Waals surface area contributed by atoms with Crippen molar-refractivity contribution in [3.05, 3.63) is 34.2 Å². The van der Waals surface area contributed by atoms with E-state index in [4.69, 9.17) is 12.2 Å². The van der Waals surface area contributed by atoms with Crippen molar-refractivity contribution in [2.45, 2.75) is 50.6 Å². The Morgan fingerprint density at radius 1 is 1.08 bits per heavy atom. The van der Waals surface area contributed by atoms with E-state index in [9.17, 15) is 4.79 Å². The molecule has 1 aromatic rings. The van der Waals surface area contributed by atoms with Crippen LogP contribution in [0.1, 0.15) is 43.7 Å². The van der Waals surface area contributed by atoms with Gasteiger partial charge in [0.25, 0.3) is 5.56 Å². The van der Waals surface area contributed by atoms with Gasteiger partial charge in [0.2, 0.25) is 0 Å². The van der Waals surface area contributed by atoms with Gasteiger partial charge in [-0.2, -0.15) is 0 Å². The van der Waals surface area contributed by atoms with E-state index in [-0.39, 0.29) is 5.56 Å². The van der Waals surface area contributed by atoms with Gasteiger partial charge in [0.15, 0.2) is 5.11 Å². The minimum Gasteiger partial charge on any atom is -0.360 e. The third kappa shape index (κ3) is 2.40. The van der Waals surface area contributed by atoms with Crippen LogP contribution in [0.2, 0.25) is 0 Å². The maximum atomic E-state index is 12.1. The molecule has 0 amide bonds. The van der Waals surface area contributed by atoms with E-state index < -0.39 is 0 Å². The van der Waals surface area contributed by atoms with Crippen LogP contribution in [0.15, 0.2) is 23.0 Å². The molecule has 0 radical (unpaired) electrons. The lowest BCUT2D eigenvalue weighted by Gasteiger charge is -2.44. The first-order valence-corrected chi connectivity index (χ1v) is 9.83. The Bertz CT molecular complexity index is 730. The average molecular weight is 343 g/mol. The quantitative estimate of drug-likeness (QED) is 0.794. The number of nitrogens with zero attached hydrogens (tertiary/aromatic N) is 2. The molecule has 4 nitrogen and oxygen atoms in total. The van der Waals surface area contributed by atoms with Gasteiger partial charge >= 0.3 is 0 Å². The number of likely N-dealkylation sites (tertiary alicyclic amines) is 1. The van der Waals surface area contributed by atoms with Gasteiger partial charge in [-0.05, 0) is 61.7 Å². The van der Waals surface area contributed by atoms with Crippen molar-refractivity contribution in [2.24, 2.45) is 17.8 Å². The predicted molar refractivity (Wildman–Crippen MR) is 98.1 cm³/mol. The molecule has 5 atom stereocenters. The van der Waals surface area contributed by atoms with Crippen LogP contribution in [0, 0.1) is 17.8 Å². The molecule has 2 saturated carbocycles. The summed E-state index contributed by atoms with van der Waals surface area (Å²) in [4.78, 5) is 14.5. The third-order valence-corrected chi connectivity index (χ3v) is 7.19. The van der Waals surface area contributed by atoms with E-state index >= 15 is 0 Å². The zero-order chi connectivity index (χ0) is 16.3. The Morgan fingerprint density at radius 3 is 2.79 bits per heavy atom. The SMILES string of the molecule is O=c1cccc2n1C[C@H]1C[C@@H]2CN(C(=S)N[C@@H]2C[C@@H]3CC[C@@H]2C3)C1. The summed E-state index contributed by atoms with van der Waals surface area (Å²) in [7, 11) is 0. The molecule has 1 saturated heterocycles. The number of rotatable bonds is 1. The Labute approximate surface area is 148 Å². The maximum Gasteiger partial charge on any atom is 0.250 e. The maximum absolute atomic E-state index is 12.1. The van der Waals surface area contributed by atoms with E-state index in [0.29, 0.717) is 17.9 Å². The molecule has 128 valence electrons. The van der Waals surface area contributed by atoms with Crippen molar-refractivity contribution in [1.82, 2.24) is 14.8 Å². The van der Waals surface area contributed by atoms with Crippen LogP contribution in [0.5, 0.6) is 0 Å². The molecule has 0 unspecified atom stereocenters. The fraction of sp³-hybridized carbons (Fsp3) is 0.684. The summed E-state index contributed by atoms with van der Waals surface area (Å²) in [5.41, 5.74) is 1.35. The average Bonchev–Trinajstić information content (AvgIpc) is 3.18. The normalized spacial score (nSPS) is 36.5. The Morgan fingerprint density at radius 2 is 2.00 bits per heavy atom. The summed E-state index contributed by atoms with van der Waals surface area (Å²) in [6, 6.07) is 6.31. The number of hydrogen-bond acceptors (Lipinski definition) is 2. The molecule has 2 aliphatic carbocycles. The molecule has 0 aromatic carbocycles. The van der Waals surface area contributed by atoms with Crippen LogP contribution in [0.25, 0.3) is 0 Å². The summed E-state index contributed by atoms with van der Waals surface area (Å²) in [5, 5.41) is 4.65. The number of thiocarbonyl (C=S) groups is 1. The van der Waals surface area contributed by atoms with Gasteiger partial charge in [-0.15, -0.1) is 0 Å². The Balaban J connectivity index is 1.31. The standard InChI is InChI=1S/C19H25N3OS/c23-18-3-1-2-17-15-7-13(10-22(17)18)9-21(11-15)19(24)20-16-8-12-4-5-14(16)6-12/h1-3,12-16H,4-11H2,(H,20,24)/t12-,13+,14-,15-,16-/m1/s1. The first-order chi connectivity index (χ1) is 11.7. The van der Waals surface area contributed by atoms with Crippen LogP contribution in [-0.2, 0) is 6.54 Å². The second kappa shape index (κ2) is 5.58. The highest BCUT2D eigenvalue weighted by molar-refractivity contribution is 7.80. The molecule has 3 fully saturated rings. The number of pyridine rings is 1. The van der Waals surface area contributed by atoms with Gasteiger partial charge < -0.3 is 14.8 Å². The Kier molecular flexibility index (Phi) is 3.47. The zero-order valence-electron chi connectivity index (χ0n) is 14.0. The highest BCUT2D eigenvalue weighted by Gasteiger charge is 2.41. The smallest absolute Gasteiger partial charge is 0.250 e. The molecule has 1 N–H and O–H groups in total. The summed E-state index contributed by atoms with van der Waals surface area (Å²) in [6.07, 6.45) is 6.71. The lowest BCUT2D eigenvalue weighted by molar-refractivity contribution is 0.175. The van der Waals surface area contributed by atoms with E-state index in [1.165, 1.54) is 37.8 Å². The van der Waals surface area contributed by atoms with Crippen LogP contribution in [0.4, 0.5) is 0 Å². The second-order valence-electron chi connectivity index (χ2n) is 8.33. The van der Waals surface area contributed by atoms with E-state index in [1.807, 2.05) is 10.6 Å². The summed E-state index contributed by atoms with van der Waals surface area (Å²) in [6.45, 7) is 2.79. The van der Waals surface area contributed by atoms with E-state index in [1.54, 1.807) is 6.07 Å². The van der Waals surface area contributed by atoms with Gasteiger partial charge in [0.1, 0.15) is 0 Å². The largest absolute Gasteiger partial charge is 0.360 e. The molecule has 4 aliphatic rings. The van der Waals surface area contributed by atoms with Crippen LogP contribution >= 0.6 is 12.2 Å². The lowest BCUT2D eigenvalue weighted by Crippen LogP contribution is -2.54. The number of fused-ring (bicyclic) bond motifs is 6. The Hall–Kier alpha value is -1.36. The van der Waals surface area contributed by atoms with Gasteiger partial charge in [0, 0.05) is 43.4 Å². The monoisotopic (exact) mass is 343 g/mol. The highest BCUT2D eigenvalue weighted by atomic mass is 32.1. The molecule has 5 rings (SSSR count). The lowest BCUT2D eigenvalue weighted by atomic mass is 9.83. The van der Waals surface area contributed by atoms with Crippen LogP contribution in [-0.4, -0.2) is 33.7 Å². The minimum absolute atomic E-state index is 0.151. The predicted octanol–water partition coefficient (Wildman–Crippen LogP) is 2.33. The molecule has 0 spiro atoms. The number of nitrogens with one attached hydrogen (secondary N) is 1. The number of hydrogen-bond donors (Lipinski definition) is 1. The summed E-state index contributed by atoms with van der Waals surface area (Å²) < 4.78 is 1.99. The molecule has 5 heteroatoms. The van der Waals surface area contributed by atoms with Gasteiger partial charge in [0.05, 0.1) is 0 Å². The molecular formula is C19H25N3OS. The zero-order valence-corrected chi connectivity index (χ0v) is 14.8. The van der Waals surface area contributed by atoms with Crippen molar-refractivity contribution in [3.8, 4) is 0 Å². The van der Waals surface area contributed by atoms with Gasteiger partial charge in [-0.25, -0.2) is 0 Å². The molecule has 24 heavy (non-hydrogen) atoms. The van der Waals surface area contributed by atoms with E-state index in [2.05, 4.69) is 16.3 Å². The first-order valence-electron chi connectivity index (χ1n) is 9.42. The number of aromatic nitrogens is 1.